The molecule has 0 bridgehead atoms. The number of nitrogens with one attached hydrogen (secondary N) is 1. The van der Waals surface area contributed by atoms with Gasteiger partial charge in [-0.3, -0.25) is 4.79 Å². The summed E-state index contributed by atoms with van der Waals surface area (Å²) in [4.78, 5) is 24.2. The van der Waals surface area contributed by atoms with Crippen LogP contribution in [0, 0.1) is 0 Å². The van der Waals surface area contributed by atoms with Gasteiger partial charge in [0.25, 0.3) is 5.91 Å². The average Bonchev–Trinajstić information content (AvgIpc) is 3.04. The largest absolute Gasteiger partial charge is 0.452 e. The Morgan fingerprint density at radius 2 is 2.14 bits per heavy atom. The van der Waals surface area contributed by atoms with Crippen LogP contribution in [-0.2, 0) is 20.7 Å². The first-order chi connectivity index (χ1) is 10.7. The lowest BCUT2D eigenvalue weighted by Gasteiger charge is -2.06. The lowest BCUT2D eigenvalue weighted by molar-refractivity contribution is -0.142. The second-order valence-electron chi connectivity index (χ2n) is 4.56. The summed E-state index contributed by atoms with van der Waals surface area (Å²) in [5.41, 5.74) is 1.84. The zero-order valence-corrected chi connectivity index (χ0v) is 13.1. The number of thiophene rings is 1. The van der Waals surface area contributed by atoms with Gasteiger partial charge in [-0.15, -0.1) is 11.3 Å². The van der Waals surface area contributed by atoms with Crippen molar-refractivity contribution in [3.05, 3.63) is 58.3 Å². The third kappa shape index (κ3) is 5.18. The maximum atomic E-state index is 11.7. The predicted octanol–water partition coefficient (Wildman–Crippen LogP) is 3.51. The smallest absolute Gasteiger partial charge is 0.331 e. The predicted molar refractivity (Wildman–Crippen MR) is 88.8 cm³/mol. The van der Waals surface area contributed by atoms with Gasteiger partial charge in [0.15, 0.2) is 6.61 Å². The molecule has 1 amide bonds. The number of hydrogen-bond acceptors (Lipinski definition) is 4. The first-order valence-corrected chi connectivity index (χ1v) is 7.82. The minimum atomic E-state index is -0.536. The van der Waals surface area contributed by atoms with Crippen molar-refractivity contribution in [1.82, 2.24) is 0 Å². The highest BCUT2D eigenvalue weighted by atomic mass is 32.1. The molecule has 0 fully saturated rings. The highest BCUT2D eigenvalue weighted by Crippen LogP contribution is 2.11. The number of esters is 1. The molecule has 0 saturated heterocycles. The molecule has 1 aromatic carbocycles. The van der Waals surface area contributed by atoms with E-state index in [0.717, 1.165) is 16.9 Å². The Morgan fingerprint density at radius 1 is 1.27 bits per heavy atom. The lowest BCUT2D eigenvalue weighted by Crippen LogP contribution is -2.20. The van der Waals surface area contributed by atoms with Crippen molar-refractivity contribution in [3.63, 3.8) is 0 Å². The summed E-state index contributed by atoms with van der Waals surface area (Å²) in [6.45, 7) is 1.74. The number of aryl methyl sites for hydroxylation is 1. The summed E-state index contributed by atoms with van der Waals surface area (Å²) in [7, 11) is 0. The molecule has 2 rings (SSSR count). The number of benzene rings is 1. The first-order valence-electron chi connectivity index (χ1n) is 6.94. The van der Waals surface area contributed by atoms with Gasteiger partial charge in [0.2, 0.25) is 0 Å². The van der Waals surface area contributed by atoms with E-state index in [-0.39, 0.29) is 12.5 Å². The fourth-order valence-electron chi connectivity index (χ4n) is 1.79. The molecule has 114 valence electrons. The van der Waals surface area contributed by atoms with Crippen molar-refractivity contribution >= 4 is 35.0 Å². The third-order valence-electron chi connectivity index (χ3n) is 2.89. The highest BCUT2D eigenvalue weighted by molar-refractivity contribution is 7.10. The van der Waals surface area contributed by atoms with Crippen LogP contribution >= 0.6 is 11.3 Å². The summed E-state index contributed by atoms with van der Waals surface area (Å²) in [5, 5.41) is 4.62. The molecule has 1 N–H and O–H groups in total. The Kier molecular flexibility index (Phi) is 5.91. The minimum Gasteiger partial charge on any atom is -0.452 e. The van der Waals surface area contributed by atoms with E-state index in [0.29, 0.717) is 5.69 Å². The molecule has 4 nitrogen and oxygen atoms in total. The fraction of sp³-hybridized carbons (Fsp3) is 0.176. The molecule has 0 radical (unpaired) electrons. The van der Waals surface area contributed by atoms with Gasteiger partial charge >= 0.3 is 5.97 Å². The summed E-state index contributed by atoms with van der Waals surface area (Å²) >= 11 is 1.52. The molecule has 0 saturated carbocycles. The molecule has 1 heterocycles. The Morgan fingerprint density at radius 3 is 2.86 bits per heavy atom. The number of carbonyl (C=O) groups is 2. The SMILES string of the molecule is CCc1cccc(NC(=O)COC(=O)C=Cc2cccs2)c1. The molecule has 1 aromatic heterocycles. The van der Waals surface area contributed by atoms with Crippen LogP contribution in [0.1, 0.15) is 17.4 Å². The third-order valence-corrected chi connectivity index (χ3v) is 3.73. The Labute approximate surface area is 133 Å². The van der Waals surface area contributed by atoms with Crippen molar-refractivity contribution in [2.75, 3.05) is 11.9 Å². The van der Waals surface area contributed by atoms with E-state index in [1.165, 1.54) is 17.4 Å². The molecule has 22 heavy (non-hydrogen) atoms. The molecule has 0 aliphatic heterocycles. The van der Waals surface area contributed by atoms with Crippen LogP contribution in [0.4, 0.5) is 5.69 Å². The van der Waals surface area contributed by atoms with Crippen molar-refractivity contribution < 1.29 is 14.3 Å². The normalized spacial score (nSPS) is 10.6. The summed E-state index contributed by atoms with van der Waals surface area (Å²) in [6, 6.07) is 11.4. The average molecular weight is 315 g/mol. The summed E-state index contributed by atoms with van der Waals surface area (Å²) in [5.74, 6) is -0.892. The van der Waals surface area contributed by atoms with Crippen LogP contribution in [0.25, 0.3) is 6.08 Å². The van der Waals surface area contributed by atoms with E-state index in [9.17, 15) is 9.59 Å². The zero-order chi connectivity index (χ0) is 15.8. The van der Waals surface area contributed by atoms with Crippen molar-refractivity contribution in [2.45, 2.75) is 13.3 Å². The first kappa shape index (κ1) is 16.0. The van der Waals surface area contributed by atoms with E-state index in [2.05, 4.69) is 5.32 Å². The van der Waals surface area contributed by atoms with Crippen molar-refractivity contribution in [2.24, 2.45) is 0 Å². The molecular weight excluding hydrogens is 298 g/mol. The van der Waals surface area contributed by atoms with Crippen LogP contribution in [0.5, 0.6) is 0 Å². The maximum Gasteiger partial charge on any atom is 0.331 e. The second kappa shape index (κ2) is 8.14. The molecule has 5 heteroatoms. The minimum absolute atomic E-state index is 0.302. The van der Waals surface area contributed by atoms with Crippen LogP contribution in [-0.4, -0.2) is 18.5 Å². The summed E-state index contributed by atoms with van der Waals surface area (Å²) < 4.78 is 4.90. The number of rotatable bonds is 6. The lowest BCUT2D eigenvalue weighted by atomic mass is 10.1. The number of anilines is 1. The van der Waals surface area contributed by atoms with E-state index in [4.69, 9.17) is 4.74 Å². The van der Waals surface area contributed by atoms with Gasteiger partial charge in [-0.25, -0.2) is 4.79 Å². The summed E-state index contributed by atoms with van der Waals surface area (Å²) in [6.07, 6.45) is 3.87. The van der Waals surface area contributed by atoms with Gasteiger partial charge in [0.1, 0.15) is 0 Å². The van der Waals surface area contributed by atoms with E-state index in [1.54, 1.807) is 12.1 Å². The van der Waals surface area contributed by atoms with Crippen LogP contribution in [0.15, 0.2) is 47.9 Å². The molecule has 2 aromatic rings. The quantitative estimate of drug-likeness (QED) is 0.655. The number of hydrogen-bond donors (Lipinski definition) is 1. The maximum absolute atomic E-state index is 11.7. The number of amides is 1. The van der Waals surface area contributed by atoms with Gasteiger partial charge in [-0.1, -0.05) is 25.1 Å². The van der Waals surface area contributed by atoms with Gasteiger partial charge in [0, 0.05) is 16.6 Å². The fourth-order valence-corrected chi connectivity index (χ4v) is 2.41. The number of ether oxygens (including phenoxy) is 1. The van der Waals surface area contributed by atoms with Gasteiger partial charge < -0.3 is 10.1 Å². The highest BCUT2D eigenvalue weighted by Gasteiger charge is 2.06. The standard InChI is InChI=1S/C17H17NO3S/c1-2-13-5-3-6-14(11-13)18-16(19)12-21-17(20)9-8-15-7-4-10-22-15/h3-11H,2,12H2,1H3,(H,18,19). The van der Waals surface area contributed by atoms with E-state index < -0.39 is 5.97 Å². The van der Waals surface area contributed by atoms with Gasteiger partial charge in [0.05, 0.1) is 0 Å². The van der Waals surface area contributed by atoms with Gasteiger partial charge in [-0.05, 0) is 41.6 Å². The van der Waals surface area contributed by atoms with Crippen LogP contribution < -0.4 is 5.32 Å². The van der Waals surface area contributed by atoms with Crippen molar-refractivity contribution in [1.29, 1.82) is 0 Å². The molecule has 0 atom stereocenters. The van der Waals surface area contributed by atoms with Crippen LogP contribution in [0.3, 0.4) is 0 Å². The van der Waals surface area contributed by atoms with Crippen molar-refractivity contribution in [3.8, 4) is 0 Å². The Bertz CT molecular complexity index is 662. The van der Waals surface area contributed by atoms with E-state index >= 15 is 0 Å². The van der Waals surface area contributed by atoms with E-state index in [1.807, 2.05) is 42.6 Å². The Hall–Kier alpha value is -2.40. The second-order valence-corrected chi connectivity index (χ2v) is 5.54. The zero-order valence-electron chi connectivity index (χ0n) is 12.2. The Balaban J connectivity index is 1.78. The molecule has 0 aliphatic rings. The monoisotopic (exact) mass is 315 g/mol. The molecular formula is C17H17NO3S. The van der Waals surface area contributed by atoms with Gasteiger partial charge in [-0.2, -0.15) is 0 Å². The topological polar surface area (TPSA) is 55.4 Å². The molecule has 0 aliphatic carbocycles. The molecule has 0 spiro atoms. The number of carbonyl (C=O) groups excluding carboxylic acids is 2. The molecule has 0 unspecified atom stereocenters. The van der Waals surface area contributed by atoms with Crippen LogP contribution in [0.2, 0.25) is 0 Å².